The van der Waals surface area contributed by atoms with Gasteiger partial charge in [-0.25, -0.2) is 0 Å². The van der Waals surface area contributed by atoms with Crippen molar-refractivity contribution in [1.82, 2.24) is 0 Å². The molecular weight excluding hydrogens is 288 g/mol. The summed E-state index contributed by atoms with van der Waals surface area (Å²) in [7, 11) is 1.59. The van der Waals surface area contributed by atoms with Gasteiger partial charge in [-0.2, -0.15) is 0 Å². The van der Waals surface area contributed by atoms with E-state index in [0.717, 1.165) is 35.4 Å². The van der Waals surface area contributed by atoms with Gasteiger partial charge in [-0.15, -0.1) is 0 Å². The Morgan fingerprint density at radius 1 is 1.35 bits per heavy atom. The van der Waals surface area contributed by atoms with E-state index in [4.69, 9.17) is 18.9 Å². The first-order valence-corrected chi connectivity index (χ1v) is 6.25. The summed E-state index contributed by atoms with van der Waals surface area (Å²) in [4.78, 5) is 0. The summed E-state index contributed by atoms with van der Waals surface area (Å²) in [5.41, 5.74) is 0.943. The minimum Gasteiger partial charge on any atom is -0.468 e. The first-order chi connectivity index (χ1) is 8.31. The second-order valence-electron chi connectivity index (χ2n) is 3.66. The van der Waals surface area contributed by atoms with Gasteiger partial charge in [0.15, 0.2) is 13.1 Å². The van der Waals surface area contributed by atoms with Gasteiger partial charge >= 0.3 is 0 Å². The van der Waals surface area contributed by atoms with Crippen molar-refractivity contribution in [3.05, 3.63) is 28.2 Å². The van der Waals surface area contributed by atoms with Crippen molar-refractivity contribution in [2.24, 2.45) is 0 Å². The van der Waals surface area contributed by atoms with Crippen LogP contribution in [0.3, 0.4) is 0 Å². The van der Waals surface area contributed by atoms with Gasteiger partial charge in [0.2, 0.25) is 0 Å². The molecule has 1 heterocycles. The van der Waals surface area contributed by atoms with Crippen molar-refractivity contribution >= 4 is 15.9 Å². The van der Waals surface area contributed by atoms with E-state index in [2.05, 4.69) is 15.9 Å². The van der Waals surface area contributed by atoms with Crippen molar-refractivity contribution in [3.8, 4) is 5.75 Å². The van der Waals surface area contributed by atoms with Gasteiger partial charge in [-0.05, 0) is 24.6 Å². The molecule has 4 nitrogen and oxygen atoms in total. The van der Waals surface area contributed by atoms with E-state index in [0.29, 0.717) is 0 Å². The van der Waals surface area contributed by atoms with Crippen LogP contribution in [0.5, 0.6) is 5.75 Å². The van der Waals surface area contributed by atoms with Crippen LogP contribution in [0.4, 0.5) is 0 Å². The lowest BCUT2D eigenvalue weighted by molar-refractivity contribution is -0.183. The smallest absolute Gasteiger partial charge is 0.188 e. The summed E-state index contributed by atoms with van der Waals surface area (Å²) in [5.74, 6) is 0.739. The molecule has 1 aliphatic heterocycles. The molecule has 0 unspecified atom stereocenters. The average molecular weight is 303 g/mol. The molecule has 17 heavy (non-hydrogen) atoms. The third-order valence-corrected chi connectivity index (χ3v) is 3.11. The molecule has 0 aromatic heterocycles. The summed E-state index contributed by atoms with van der Waals surface area (Å²) in [6.45, 7) is 1.67. The van der Waals surface area contributed by atoms with Crippen LogP contribution in [-0.4, -0.2) is 27.1 Å². The molecule has 0 radical (unpaired) electrons. The molecule has 5 heteroatoms. The molecule has 0 aliphatic carbocycles. The number of benzene rings is 1. The number of ether oxygens (including phenoxy) is 4. The molecule has 1 aliphatic rings. The van der Waals surface area contributed by atoms with Crippen LogP contribution < -0.4 is 4.74 Å². The lowest BCUT2D eigenvalue weighted by Gasteiger charge is -2.24. The maximum absolute atomic E-state index is 5.57. The number of methoxy groups -OCH3 is 1. The fraction of sp³-hybridized carbons (Fsp3) is 0.500. The lowest BCUT2D eigenvalue weighted by Crippen LogP contribution is -2.18. The quantitative estimate of drug-likeness (QED) is 0.802. The van der Waals surface area contributed by atoms with Crippen molar-refractivity contribution in [1.29, 1.82) is 0 Å². The molecular formula is C12H15BrO4. The second-order valence-corrected chi connectivity index (χ2v) is 4.52. The van der Waals surface area contributed by atoms with Gasteiger partial charge in [-0.3, -0.25) is 0 Å². The Morgan fingerprint density at radius 2 is 2.12 bits per heavy atom. The highest BCUT2D eigenvalue weighted by atomic mass is 79.9. The highest BCUT2D eigenvalue weighted by Crippen LogP contribution is 2.32. The largest absolute Gasteiger partial charge is 0.468 e. The van der Waals surface area contributed by atoms with Crippen molar-refractivity contribution in [2.75, 3.05) is 27.1 Å². The van der Waals surface area contributed by atoms with E-state index in [9.17, 15) is 0 Å². The molecule has 0 N–H and O–H groups in total. The predicted octanol–water partition coefficient (Wildman–Crippen LogP) is 2.87. The topological polar surface area (TPSA) is 36.9 Å². The summed E-state index contributed by atoms with van der Waals surface area (Å²) >= 11 is 3.49. The molecule has 1 aromatic carbocycles. The van der Waals surface area contributed by atoms with Crippen LogP contribution in [0.1, 0.15) is 18.3 Å². The zero-order valence-corrected chi connectivity index (χ0v) is 11.2. The Kier molecular flexibility index (Phi) is 4.79. The van der Waals surface area contributed by atoms with Crippen molar-refractivity contribution in [3.63, 3.8) is 0 Å². The highest BCUT2D eigenvalue weighted by Gasteiger charge is 2.19. The summed E-state index contributed by atoms with van der Waals surface area (Å²) in [6.07, 6.45) is 0.623. The monoisotopic (exact) mass is 302 g/mol. The second kappa shape index (κ2) is 6.35. The maximum atomic E-state index is 5.57. The fourth-order valence-corrected chi connectivity index (χ4v) is 2.02. The Labute approximate surface area is 109 Å². The zero-order valence-electron chi connectivity index (χ0n) is 9.65. The molecule has 0 bridgehead atoms. The number of halogens is 1. The first kappa shape index (κ1) is 12.8. The van der Waals surface area contributed by atoms with Crippen LogP contribution >= 0.6 is 15.9 Å². The van der Waals surface area contributed by atoms with Crippen LogP contribution in [0.2, 0.25) is 0 Å². The SMILES string of the molecule is COCOc1ccc(Br)c(C2OCCCO2)c1. The van der Waals surface area contributed by atoms with Gasteiger partial charge < -0.3 is 18.9 Å². The summed E-state index contributed by atoms with van der Waals surface area (Å²) in [5, 5.41) is 0. The summed E-state index contributed by atoms with van der Waals surface area (Å²) < 4.78 is 22.3. The van der Waals surface area contributed by atoms with Gasteiger partial charge in [0.05, 0.1) is 13.2 Å². The van der Waals surface area contributed by atoms with Crippen molar-refractivity contribution in [2.45, 2.75) is 12.7 Å². The first-order valence-electron chi connectivity index (χ1n) is 5.45. The van der Waals surface area contributed by atoms with E-state index in [1.54, 1.807) is 7.11 Å². The standard InChI is InChI=1S/C12H15BrO4/c1-14-8-17-9-3-4-11(13)10(7-9)12-15-5-2-6-16-12/h3-4,7,12H,2,5-6,8H2,1H3. The zero-order chi connectivity index (χ0) is 12.1. The molecule has 1 fully saturated rings. The normalized spacial score (nSPS) is 17.1. The highest BCUT2D eigenvalue weighted by molar-refractivity contribution is 9.10. The number of hydrogen-bond acceptors (Lipinski definition) is 4. The van der Waals surface area contributed by atoms with E-state index >= 15 is 0 Å². The van der Waals surface area contributed by atoms with Crippen LogP contribution in [-0.2, 0) is 14.2 Å². The molecule has 1 saturated heterocycles. The predicted molar refractivity (Wildman–Crippen MR) is 65.9 cm³/mol. The van der Waals surface area contributed by atoms with Crippen molar-refractivity contribution < 1.29 is 18.9 Å². The minimum atomic E-state index is -0.316. The molecule has 0 saturated carbocycles. The lowest BCUT2D eigenvalue weighted by atomic mass is 10.2. The fourth-order valence-electron chi connectivity index (χ4n) is 1.59. The summed E-state index contributed by atoms with van der Waals surface area (Å²) in [6, 6.07) is 5.69. The number of hydrogen-bond donors (Lipinski definition) is 0. The van der Waals surface area contributed by atoms with Crippen LogP contribution in [0.15, 0.2) is 22.7 Å². The molecule has 1 aromatic rings. The third kappa shape index (κ3) is 3.42. The molecule has 0 atom stereocenters. The van der Waals surface area contributed by atoms with Gasteiger partial charge in [0.25, 0.3) is 0 Å². The third-order valence-electron chi connectivity index (χ3n) is 2.39. The Bertz CT molecular complexity index is 364. The van der Waals surface area contributed by atoms with E-state index in [1.807, 2.05) is 18.2 Å². The van der Waals surface area contributed by atoms with E-state index in [-0.39, 0.29) is 13.1 Å². The van der Waals surface area contributed by atoms with Gasteiger partial charge in [0.1, 0.15) is 5.75 Å². The van der Waals surface area contributed by atoms with Crippen LogP contribution in [0, 0.1) is 0 Å². The molecule has 2 rings (SSSR count). The maximum Gasteiger partial charge on any atom is 0.188 e. The Hall–Kier alpha value is -0.620. The molecule has 0 amide bonds. The van der Waals surface area contributed by atoms with E-state index in [1.165, 1.54) is 0 Å². The van der Waals surface area contributed by atoms with Gasteiger partial charge in [0, 0.05) is 17.1 Å². The Morgan fingerprint density at radius 3 is 2.82 bits per heavy atom. The minimum absolute atomic E-state index is 0.230. The molecule has 94 valence electrons. The number of rotatable bonds is 4. The van der Waals surface area contributed by atoms with Gasteiger partial charge in [-0.1, -0.05) is 15.9 Å². The average Bonchev–Trinajstić information content (AvgIpc) is 2.39. The van der Waals surface area contributed by atoms with Crippen LogP contribution in [0.25, 0.3) is 0 Å². The van der Waals surface area contributed by atoms with E-state index < -0.39 is 0 Å². The molecule has 0 spiro atoms. The Balaban J connectivity index is 2.13.